The molecule has 2 aliphatic heterocycles. The zero-order valence-electron chi connectivity index (χ0n) is 15.8. The summed E-state index contributed by atoms with van der Waals surface area (Å²) in [6.07, 6.45) is 0. The van der Waals surface area contributed by atoms with E-state index in [4.69, 9.17) is 0 Å². The number of nitrogens with one attached hydrogen (secondary N) is 1. The van der Waals surface area contributed by atoms with Crippen molar-refractivity contribution in [1.82, 2.24) is 25.3 Å². The molecule has 0 radical (unpaired) electrons. The average molecular weight is 368 g/mol. The van der Waals surface area contributed by atoms with E-state index in [1.807, 2.05) is 17.0 Å². The molecule has 142 valence electrons. The Hall–Kier alpha value is -2.77. The minimum atomic E-state index is -0.306. The maximum atomic E-state index is 12.6. The number of H-pyrrole nitrogens is 1. The molecule has 2 saturated heterocycles. The number of amides is 1. The highest BCUT2D eigenvalue weighted by atomic mass is 16.2. The Morgan fingerprint density at radius 2 is 1.74 bits per heavy atom. The molecule has 1 amide bonds. The lowest BCUT2D eigenvalue weighted by Crippen LogP contribution is -2.34. The van der Waals surface area contributed by atoms with Gasteiger partial charge < -0.3 is 9.80 Å². The van der Waals surface area contributed by atoms with Gasteiger partial charge in [0.2, 0.25) is 0 Å². The summed E-state index contributed by atoms with van der Waals surface area (Å²) in [5, 5.41) is 15.0. The number of fused-ring (bicyclic) bond motifs is 1. The van der Waals surface area contributed by atoms with Gasteiger partial charge in [0.1, 0.15) is 5.69 Å². The standard InChI is InChI=1S/C19H24N6O2/c1-19(2,3)15-5-6-16(22-21-15)24-8-12-10-25(11-13(12)9-24)18(27)14-4-7-17(26)23-20-14/h4-7,12-13H,8-11H2,1-3H3,(H,23,26). The molecular formula is C19H24N6O2. The first kappa shape index (κ1) is 17.6. The first-order valence-electron chi connectivity index (χ1n) is 9.25. The van der Waals surface area contributed by atoms with Gasteiger partial charge in [-0.3, -0.25) is 9.59 Å². The number of likely N-dealkylation sites (tertiary alicyclic amines) is 1. The summed E-state index contributed by atoms with van der Waals surface area (Å²) >= 11 is 0. The summed E-state index contributed by atoms with van der Waals surface area (Å²) in [5.74, 6) is 1.61. The van der Waals surface area contributed by atoms with Crippen molar-refractivity contribution in [1.29, 1.82) is 0 Å². The van der Waals surface area contributed by atoms with Gasteiger partial charge in [-0.05, 0) is 18.2 Å². The molecule has 2 atom stereocenters. The van der Waals surface area contributed by atoms with Crippen molar-refractivity contribution in [2.45, 2.75) is 26.2 Å². The van der Waals surface area contributed by atoms with Crippen molar-refractivity contribution in [3.05, 3.63) is 46.0 Å². The van der Waals surface area contributed by atoms with E-state index in [9.17, 15) is 9.59 Å². The molecular weight excluding hydrogens is 344 g/mol. The summed E-state index contributed by atoms with van der Waals surface area (Å²) in [4.78, 5) is 27.8. The van der Waals surface area contributed by atoms with Crippen LogP contribution in [-0.4, -0.2) is 57.4 Å². The number of hydrogen-bond donors (Lipinski definition) is 1. The predicted octanol–water partition coefficient (Wildman–Crippen LogP) is 1.07. The highest BCUT2D eigenvalue weighted by Gasteiger charge is 2.42. The number of carbonyl (C=O) groups excluding carboxylic acids is 1. The van der Waals surface area contributed by atoms with E-state index in [0.29, 0.717) is 24.9 Å². The lowest BCUT2D eigenvalue weighted by atomic mass is 9.92. The van der Waals surface area contributed by atoms with Gasteiger partial charge in [-0.25, -0.2) is 5.10 Å². The van der Waals surface area contributed by atoms with E-state index in [0.717, 1.165) is 24.6 Å². The normalized spacial score (nSPS) is 22.2. The number of anilines is 1. The van der Waals surface area contributed by atoms with Crippen LogP contribution in [0.3, 0.4) is 0 Å². The van der Waals surface area contributed by atoms with Gasteiger partial charge in [0, 0.05) is 49.5 Å². The Morgan fingerprint density at radius 3 is 2.26 bits per heavy atom. The topological polar surface area (TPSA) is 95.1 Å². The van der Waals surface area contributed by atoms with Crippen molar-refractivity contribution in [3.8, 4) is 0 Å². The zero-order chi connectivity index (χ0) is 19.2. The third-order valence-electron chi connectivity index (χ3n) is 5.41. The Kier molecular flexibility index (Phi) is 4.20. The SMILES string of the molecule is CC(C)(C)c1ccc(N2CC3CN(C(=O)c4ccc(=O)[nH]n4)CC3C2)nn1. The van der Waals surface area contributed by atoms with Crippen molar-refractivity contribution in [2.24, 2.45) is 11.8 Å². The molecule has 1 N–H and O–H groups in total. The number of aromatic amines is 1. The van der Waals surface area contributed by atoms with Gasteiger partial charge in [-0.1, -0.05) is 20.8 Å². The quantitative estimate of drug-likeness (QED) is 0.852. The smallest absolute Gasteiger partial charge is 0.274 e. The van der Waals surface area contributed by atoms with Gasteiger partial charge in [0.15, 0.2) is 5.82 Å². The van der Waals surface area contributed by atoms with Crippen LogP contribution in [0.4, 0.5) is 5.82 Å². The third-order valence-corrected chi connectivity index (χ3v) is 5.41. The van der Waals surface area contributed by atoms with Crippen LogP contribution in [0.2, 0.25) is 0 Å². The van der Waals surface area contributed by atoms with Crippen molar-refractivity contribution in [3.63, 3.8) is 0 Å². The van der Waals surface area contributed by atoms with Gasteiger partial charge in [0.25, 0.3) is 11.5 Å². The van der Waals surface area contributed by atoms with Crippen LogP contribution in [-0.2, 0) is 5.41 Å². The lowest BCUT2D eigenvalue weighted by Gasteiger charge is -2.23. The minimum Gasteiger partial charge on any atom is -0.354 e. The van der Waals surface area contributed by atoms with Crippen LogP contribution >= 0.6 is 0 Å². The molecule has 0 aliphatic carbocycles. The second-order valence-electron chi connectivity index (χ2n) is 8.47. The van der Waals surface area contributed by atoms with E-state index in [1.165, 1.54) is 12.1 Å². The Labute approximate surface area is 157 Å². The van der Waals surface area contributed by atoms with E-state index in [-0.39, 0.29) is 22.6 Å². The highest BCUT2D eigenvalue weighted by molar-refractivity contribution is 5.92. The number of aromatic nitrogens is 4. The van der Waals surface area contributed by atoms with E-state index >= 15 is 0 Å². The van der Waals surface area contributed by atoms with E-state index in [2.05, 4.69) is 46.1 Å². The van der Waals surface area contributed by atoms with Crippen LogP contribution in [0.5, 0.6) is 0 Å². The van der Waals surface area contributed by atoms with Crippen LogP contribution in [0.1, 0.15) is 37.0 Å². The molecule has 4 heterocycles. The first-order chi connectivity index (χ1) is 12.8. The second-order valence-corrected chi connectivity index (χ2v) is 8.47. The molecule has 2 aliphatic rings. The first-order valence-corrected chi connectivity index (χ1v) is 9.25. The number of rotatable bonds is 2. The number of hydrogen-bond acceptors (Lipinski definition) is 6. The maximum absolute atomic E-state index is 12.6. The Bertz CT molecular complexity index is 867. The molecule has 8 heteroatoms. The number of carbonyl (C=O) groups is 1. The molecule has 0 spiro atoms. The fourth-order valence-corrected chi connectivity index (χ4v) is 3.87. The summed E-state index contributed by atoms with van der Waals surface area (Å²) < 4.78 is 0. The van der Waals surface area contributed by atoms with Crippen molar-refractivity contribution in [2.75, 3.05) is 31.1 Å². The fourth-order valence-electron chi connectivity index (χ4n) is 3.87. The zero-order valence-corrected chi connectivity index (χ0v) is 15.8. The predicted molar refractivity (Wildman–Crippen MR) is 101 cm³/mol. The van der Waals surface area contributed by atoms with Crippen LogP contribution in [0.15, 0.2) is 29.1 Å². The molecule has 0 aromatic carbocycles. The molecule has 8 nitrogen and oxygen atoms in total. The summed E-state index contributed by atoms with van der Waals surface area (Å²) in [6, 6.07) is 6.91. The fraction of sp³-hybridized carbons (Fsp3) is 0.526. The van der Waals surface area contributed by atoms with Gasteiger partial charge in [-0.2, -0.15) is 10.2 Å². The van der Waals surface area contributed by atoms with Crippen molar-refractivity contribution >= 4 is 11.7 Å². The van der Waals surface area contributed by atoms with Crippen LogP contribution in [0.25, 0.3) is 0 Å². The molecule has 0 bridgehead atoms. The summed E-state index contributed by atoms with van der Waals surface area (Å²) in [5.41, 5.74) is 0.953. The Balaban J connectivity index is 1.40. The average Bonchev–Trinajstić information content (AvgIpc) is 3.20. The molecule has 27 heavy (non-hydrogen) atoms. The highest BCUT2D eigenvalue weighted by Crippen LogP contribution is 2.34. The molecule has 2 unspecified atom stereocenters. The molecule has 2 aromatic rings. The largest absolute Gasteiger partial charge is 0.354 e. The minimum absolute atomic E-state index is 0.0103. The third kappa shape index (κ3) is 3.43. The van der Waals surface area contributed by atoms with E-state index in [1.54, 1.807) is 0 Å². The molecule has 2 fully saturated rings. The second kappa shape index (κ2) is 6.44. The van der Waals surface area contributed by atoms with Gasteiger partial charge in [-0.15, -0.1) is 5.10 Å². The molecule has 0 saturated carbocycles. The molecule has 4 rings (SSSR count). The monoisotopic (exact) mass is 368 g/mol. The Morgan fingerprint density at radius 1 is 1.04 bits per heavy atom. The van der Waals surface area contributed by atoms with E-state index < -0.39 is 0 Å². The van der Waals surface area contributed by atoms with Crippen molar-refractivity contribution < 1.29 is 4.79 Å². The maximum Gasteiger partial charge on any atom is 0.274 e. The lowest BCUT2D eigenvalue weighted by molar-refractivity contribution is 0.0775. The van der Waals surface area contributed by atoms with Gasteiger partial charge in [0.05, 0.1) is 5.69 Å². The summed E-state index contributed by atoms with van der Waals surface area (Å²) in [6.45, 7) is 9.52. The number of nitrogens with zero attached hydrogens (tertiary/aromatic N) is 5. The summed E-state index contributed by atoms with van der Waals surface area (Å²) in [7, 11) is 0. The van der Waals surface area contributed by atoms with Crippen LogP contribution < -0.4 is 10.5 Å². The van der Waals surface area contributed by atoms with Gasteiger partial charge >= 0.3 is 0 Å². The molecule has 2 aromatic heterocycles. The van der Waals surface area contributed by atoms with Crippen LogP contribution in [0, 0.1) is 11.8 Å².